The van der Waals surface area contributed by atoms with Crippen LogP contribution in [0.15, 0.2) is 0 Å². The van der Waals surface area contributed by atoms with Gasteiger partial charge in [0.2, 0.25) is 0 Å². The molecule has 0 rings (SSSR count). The number of nitrogens with zero attached hydrogens (tertiary/aromatic N) is 2. The lowest BCUT2D eigenvalue weighted by molar-refractivity contribution is -0.145. The predicted molar refractivity (Wildman–Crippen MR) is 130 cm³/mol. The van der Waals surface area contributed by atoms with Gasteiger partial charge in [-0.2, -0.15) is 0 Å². The van der Waals surface area contributed by atoms with Crippen LogP contribution in [0.1, 0.15) is 27.7 Å². The summed E-state index contributed by atoms with van der Waals surface area (Å²) in [7, 11) is 0. The Kier molecular flexibility index (Phi) is 41.1. The van der Waals surface area contributed by atoms with Crippen molar-refractivity contribution in [3.63, 3.8) is 0 Å². The summed E-state index contributed by atoms with van der Waals surface area (Å²) in [6.45, 7) is 2.33. The zero-order valence-electron chi connectivity index (χ0n) is 21.8. The number of aliphatic carboxylic acids is 8. The fourth-order valence-electron chi connectivity index (χ4n) is 1.48. The number of hydrogen-bond acceptors (Lipinski definition) is 12. The summed E-state index contributed by atoms with van der Waals surface area (Å²) in [5.74, 6) is -8.24. The second-order valence-corrected chi connectivity index (χ2v) is 6.31. The monoisotopic (exact) mass is 578 g/mol. The normalized spacial score (nSPS) is 8.51. The number of carbonyl (C=O) groups is 8. The molecule has 0 amide bonds. The van der Waals surface area contributed by atoms with Crippen LogP contribution in [-0.4, -0.2) is 144 Å². The number of carboxylic acid groups (broad SMARTS) is 8. The minimum Gasteiger partial charge on any atom is -0.481 e. The third-order valence-electron chi connectivity index (χ3n) is 2.17. The van der Waals surface area contributed by atoms with Crippen LogP contribution in [0.4, 0.5) is 0 Å². The second kappa shape index (κ2) is 33.6. The topological polar surface area (TPSA) is 357 Å². The molecule has 0 saturated carbocycles. The van der Waals surface area contributed by atoms with Gasteiger partial charge in [0.05, 0.1) is 26.2 Å². The smallest absolute Gasteiger partial charge is 0.317 e. The van der Waals surface area contributed by atoms with Gasteiger partial charge in [0.1, 0.15) is 0 Å². The van der Waals surface area contributed by atoms with Crippen molar-refractivity contribution in [3.05, 3.63) is 0 Å². The van der Waals surface area contributed by atoms with E-state index in [1.165, 1.54) is 0 Å². The molecule has 0 fully saturated rings. The van der Waals surface area contributed by atoms with Crippen molar-refractivity contribution in [2.45, 2.75) is 27.7 Å². The standard InChI is InChI=1S/C10H16N2O8.4C2H4O2.CH6N2/c13-7(14)3-11(4-8(15)16)1-2-12(5-9(17)18)6-10(19)20;4*1-2(3)4;2-1-3/h1-6H2,(H,13,14)(H,15,16)(H,17,18)(H,19,20);4*1H3,(H,3,4);1-3H2. The number of carboxylic acids is 8. The maximum atomic E-state index is 10.6. The summed E-state index contributed by atoms with van der Waals surface area (Å²) in [6.07, 6.45) is 0. The van der Waals surface area contributed by atoms with E-state index in [-0.39, 0.29) is 19.8 Å². The molecule has 0 radical (unpaired) electrons. The van der Waals surface area contributed by atoms with Crippen LogP contribution in [0, 0.1) is 0 Å². The molecule has 0 spiro atoms. The highest BCUT2D eigenvalue weighted by Crippen LogP contribution is 1.94. The third-order valence-corrected chi connectivity index (χ3v) is 2.17. The van der Waals surface area contributed by atoms with Crippen LogP contribution in [0.3, 0.4) is 0 Å². The first-order chi connectivity index (χ1) is 17.5. The van der Waals surface area contributed by atoms with E-state index in [2.05, 4.69) is 11.5 Å². The number of nitrogens with two attached hydrogens (primary N) is 2. The molecular formula is C19H38N4O16. The van der Waals surface area contributed by atoms with E-state index in [0.717, 1.165) is 37.5 Å². The van der Waals surface area contributed by atoms with Crippen molar-refractivity contribution >= 4 is 47.8 Å². The highest BCUT2D eigenvalue weighted by Gasteiger charge is 2.18. The van der Waals surface area contributed by atoms with Crippen molar-refractivity contribution < 1.29 is 79.2 Å². The Bertz CT molecular complexity index is 613. The molecule has 0 atom stereocenters. The molecule has 0 unspecified atom stereocenters. The lowest BCUT2D eigenvalue weighted by atomic mass is 10.4. The summed E-state index contributed by atoms with van der Waals surface area (Å²) in [5, 5.41) is 64.1. The molecule has 0 aliphatic rings. The van der Waals surface area contributed by atoms with Crippen molar-refractivity contribution in [1.82, 2.24) is 9.80 Å². The van der Waals surface area contributed by atoms with Crippen LogP contribution < -0.4 is 11.5 Å². The lowest BCUT2D eigenvalue weighted by Gasteiger charge is -2.23. The molecule has 0 aromatic heterocycles. The highest BCUT2D eigenvalue weighted by molar-refractivity contribution is 5.73. The van der Waals surface area contributed by atoms with Crippen LogP contribution in [0.25, 0.3) is 0 Å². The number of rotatable bonds is 11. The zero-order valence-corrected chi connectivity index (χ0v) is 21.8. The van der Waals surface area contributed by atoms with E-state index >= 15 is 0 Å². The first kappa shape index (κ1) is 47.8. The Hall–Kier alpha value is -4.40. The molecule has 0 aromatic carbocycles. The van der Waals surface area contributed by atoms with Crippen molar-refractivity contribution in [2.24, 2.45) is 11.5 Å². The zero-order chi connectivity index (χ0) is 32.7. The van der Waals surface area contributed by atoms with Gasteiger partial charge in [0.15, 0.2) is 0 Å². The van der Waals surface area contributed by atoms with Crippen molar-refractivity contribution in [2.75, 3.05) is 45.9 Å². The SMILES string of the molecule is CC(=O)O.CC(=O)O.CC(=O)O.CC(=O)O.NCN.O=C(O)CN(CCN(CC(=O)O)CC(=O)O)CC(=O)O. The molecule has 39 heavy (non-hydrogen) atoms. The first-order valence-electron chi connectivity index (χ1n) is 10.0. The summed E-state index contributed by atoms with van der Waals surface area (Å²) >= 11 is 0. The van der Waals surface area contributed by atoms with E-state index < -0.39 is 73.9 Å². The summed E-state index contributed by atoms with van der Waals surface area (Å²) in [6, 6.07) is 0. The fraction of sp³-hybridized carbons (Fsp3) is 0.579. The minimum atomic E-state index is -1.23. The van der Waals surface area contributed by atoms with E-state index in [4.69, 9.17) is 60.0 Å². The Balaban J connectivity index is -0.000000115. The average molecular weight is 579 g/mol. The van der Waals surface area contributed by atoms with Crippen molar-refractivity contribution in [1.29, 1.82) is 0 Å². The molecule has 20 heteroatoms. The summed E-state index contributed by atoms with van der Waals surface area (Å²) in [5.41, 5.74) is 9.25. The molecule has 0 aliphatic carbocycles. The highest BCUT2D eigenvalue weighted by atomic mass is 16.4. The molecule has 0 aromatic rings. The van der Waals surface area contributed by atoms with Crippen LogP contribution in [0.5, 0.6) is 0 Å². The van der Waals surface area contributed by atoms with Gasteiger partial charge < -0.3 is 52.3 Å². The van der Waals surface area contributed by atoms with Crippen LogP contribution in [0.2, 0.25) is 0 Å². The second-order valence-electron chi connectivity index (χ2n) is 6.31. The fourth-order valence-corrected chi connectivity index (χ4v) is 1.48. The van der Waals surface area contributed by atoms with Crippen LogP contribution >= 0.6 is 0 Å². The Morgan fingerprint density at radius 1 is 0.436 bits per heavy atom. The lowest BCUT2D eigenvalue weighted by Crippen LogP contribution is -2.43. The molecule has 0 bridgehead atoms. The molecule has 0 heterocycles. The van der Waals surface area contributed by atoms with Gasteiger partial charge in [-0.1, -0.05) is 0 Å². The van der Waals surface area contributed by atoms with Crippen molar-refractivity contribution in [3.8, 4) is 0 Å². The first-order valence-corrected chi connectivity index (χ1v) is 10.0. The van der Waals surface area contributed by atoms with Gasteiger partial charge in [0, 0.05) is 47.5 Å². The minimum absolute atomic E-state index is 0.0703. The van der Waals surface area contributed by atoms with E-state index in [1.54, 1.807) is 0 Å². The molecule has 0 aliphatic heterocycles. The van der Waals surface area contributed by atoms with Crippen LogP contribution in [-0.2, 0) is 38.4 Å². The summed E-state index contributed by atoms with van der Waals surface area (Å²) < 4.78 is 0. The number of hydrogen-bond donors (Lipinski definition) is 10. The van der Waals surface area contributed by atoms with Gasteiger partial charge in [-0.05, 0) is 0 Å². The van der Waals surface area contributed by atoms with Gasteiger partial charge in [-0.15, -0.1) is 0 Å². The Morgan fingerprint density at radius 2 is 0.538 bits per heavy atom. The summed E-state index contributed by atoms with van der Waals surface area (Å²) in [4.78, 5) is 80.4. The quantitative estimate of drug-likeness (QED) is 0.110. The molecule has 12 N–H and O–H groups in total. The van der Waals surface area contributed by atoms with E-state index in [1.807, 2.05) is 0 Å². The largest absolute Gasteiger partial charge is 0.481 e. The molecular weight excluding hydrogens is 540 g/mol. The third kappa shape index (κ3) is 122. The maximum Gasteiger partial charge on any atom is 0.317 e. The van der Waals surface area contributed by atoms with E-state index in [0.29, 0.717) is 0 Å². The molecule has 20 nitrogen and oxygen atoms in total. The van der Waals surface area contributed by atoms with Gasteiger partial charge >= 0.3 is 23.9 Å². The van der Waals surface area contributed by atoms with E-state index in [9.17, 15) is 19.2 Å². The van der Waals surface area contributed by atoms with Gasteiger partial charge in [-0.3, -0.25) is 48.2 Å². The molecule has 230 valence electrons. The average Bonchev–Trinajstić information content (AvgIpc) is 2.63. The predicted octanol–water partition coefficient (Wildman–Crippen LogP) is -2.85. The van der Waals surface area contributed by atoms with Gasteiger partial charge in [0.25, 0.3) is 23.9 Å². The Morgan fingerprint density at radius 3 is 0.615 bits per heavy atom. The maximum absolute atomic E-state index is 10.6. The Labute approximate surface area is 222 Å². The molecule has 0 saturated heterocycles. The van der Waals surface area contributed by atoms with Gasteiger partial charge in [-0.25, -0.2) is 0 Å².